The molecule has 0 fully saturated rings. The van der Waals surface area contributed by atoms with Crippen molar-refractivity contribution >= 4 is 6.08 Å². The summed E-state index contributed by atoms with van der Waals surface area (Å²) in [5.74, 6) is 0.0643. The summed E-state index contributed by atoms with van der Waals surface area (Å²) in [5.41, 5.74) is -0.258. The van der Waals surface area contributed by atoms with Gasteiger partial charge in [0, 0.05) is 11.1 Å². The molecule has 1 heterocycles. The molecule has 1 aromatic carbocycles. The summed E-state index contributed by atoms with van der Waals surface area (Å²) in [7, 11) is 0. The first kappa shape index (κ1) is 19.8. The Hall–Kier alpha value is -3.53. The summed E-state index contributed by atoms with van der Waals surface area (Å²) >= 11 is 0. The Morgan fingerprint density at radius 2 is 1.78 bits per heavy atom. The number of phenols is 1. The third-order valence-electron chi connectivity index (χ3n) is 4.32. The number of rotatable bonds is 2. The van der Waals surface area contributed by atoms with E-state index in [-0.39, 0.29) is 33.6 Å². The lowest BCUT2D eigenvalue weighted by atomic mass is 9.86. The summed E-state index contributed by atoms with van der Waals surface area (Å²) in [6, 6.07) is 10.6. The number of aliphatic hydroxyl groups is 1. The summed E-state index contributed by atoms with van der Waals surface area (Å²) in [4.78, 5) is 0. The highest BCUT2D eigenvalue weighted by Crippen LogP contribution is 2.34. The lowest BCUT2D eigenvalue weighted by Gasteiger charge is -2.21. The zero-order valence-corrected chi connectivity index (χ0v) is 15.6. The van der Waals surface area contributed by atoms with Gasteiger partial charge < -0.3 is 15.5 Å². The second kappa shape index (κ2) is 7.00. The maximum absolute atomic E-state index is 10.6. The van der Waals surface area contributed by atoms with Gasteiger partial charge in [0.25, 0.3) is 0 Å². The number of benzene rings is 1. The number of nitrogens with zero attached hydrogens (tertiary/aromatic N) is 3. The van der Waals surface area contributed by atoms with Gasteiger partial charge in [-0.1, -0.05) is 39.0 Å². The van der Waals surface area contributed by atoms with Crippen molar-refractivity contribution < 1.29 is 10.2 Å². The van der Waals surface area contributed by atoms with Gasteiger partial charge in [0.15, 0.2) is 11.3 Å². The van der Waals surface area contributed by atoms with E-state index in [1.165, 1.54) is 13.0 Å². The van der Waals surface area contributed by atoms with Gasteiger partial charge in [0.05, 0.1) is 11.3 Å². The van der Waals surface area contributed by atoms with Crippen LogP contribution in [-0.4, -0.2) is 15.9 Å². The highest BCUT2D eigenvalue weighted by molar-refractivity contribution is 5.67. The van der Waals surface area contributed by atoms with Crippen LogP contribution in [0.2, 0.25) is 0 Å². The molecule has 0 saturated heterocycles. The molecule has 2 rings (SSSR count). The molecule has 1 aliphatic heterocycles. The van der Waals surface area contributed by atoms with E-state index in [4.69, 9.17) is 10.5 Å². The Labute approximate surface area is 158 Å². The van der Waals surface area contributed by atoms with E-state index in [1.54, 1.807) is 24.3 Å². The monoisotopic (exact) mass is 360 g/mol. The highest BCUT2D eigenvalue weighted by atomic mass is 16.3. The van der Waals surface area contributed by atoms with E-state index in [1.807, 2.05) is 18.2 Å². The minimum Gasteiger partial charge on any atom is -0.507 e. The Morgan fingerprint density at radius 3 is 2.30 bits per heavy atom. The van der Waals surface area contributed by atoms with Crippen molar-refractivity contribution in [2.45, 2.75) is 38.8 Å². The van der Waals surface area contributed by atoms with Crippen LogP contribution >= 0.6 is 0 Å². The Morgan fingerprint density at radius 1 is 1.15 bits per heavy atom. The van der Waals surface area contributed by atoms with Crippen molar-refractivity contribution in [3.8, 4) is 24.0 Å². The van der Waals surface area contributed by atoms with Gasteiger partial charge in [-0.05, 0) is 30.0 Å². The molecule has 0 spiro atoms. The van der Waals surface area contributed by atoms with Gasteiger partial charge >= 0.3 is 0 Å². The van der Waals surface area contributed by atoms with Gasteiger partial charge in [0.1, 0.15) is 24.0 Å². The number of aromatic hydroxyl groups is 1. The summed E-state index contributed by atoms with van der Waals surface area (Å²) in [5, 5.41) is 51.0. The van der Waals surface area contributed by atoms with Crippen molar-refractivity contribution in [2.75, 3.05) is 0 Å². The topological polar surface area (TPSA) is 124 Å². The largest absolute Gasteiger partial charge is 0.507 e. The molecule has 3 N–H and O–H groups in total. The molecular weight excluding hydrogens is 340 g/mol. The highest BCUT2D eigenvalue weighted by Gasteiger charge is 2.38. The third-order valence-corrected chi connectivity index (χ3v) is 4.32. The summed E-state index contributed by atoms with van der Waals surface area (Å²) in [6.07, 6.45) is 3.10. The molecule has 1 aromatic rings. The minimum atomic E-state index is -1.63. The Balaban J connectivity index is 2.60. The first-order valence-corrected chi connectivity index (χ1v) is 8.27. The molecule has 27 heavy (non-hydrogen) atoms. The molecule has 0 radical (unpaired) electrons. The zero-order chi connectivity index (χ0) is 20.4. The van der Waals surface area contributed by atoms with Gasteiger partial charge in [0.2, 0.25) is 0 Å². The number of nitriles is 3. The van der Waals surface area contributed by atoms with Crippen LogP contribution in [0, 0.1) is 34.0 Å². The lowest BCUT2D eigenvalue weighted by molar-refractivity contribution is 0.0851. The molecular formula is C21H20N4O2. The number of hydrogen-bond donors (Lipinski definition) is 3. The van der Waals surface area contributed by atoms with E-state index in [2.05, 4.69) is 26.1 Å². The van der Waals surface area contributed by atoms with Crippen LogP contribution in [-0.2, 0) is 5.41 Å². The van der Waals surface area contributed by atoms with E-state index in [9.17, 15) is 15.5 Å². The summed E-state index contributed by atoms with van der Waals surface area (Å²) in [6.45, 7) is 7.58. The van der Waals surface area contributed by atoms with Crippen LogP contribution in [0.3, 0.4) is 0 Å². The SMILES string of the molecule is CC1(O)NC(=C(C#N)C#N)C(C#N)=C1/C=C/c1cc(C(C)(C)C)ccc1O. The van der Waals surface area contributed by atoms with E-state index < -0.39 is 5.72 Å². The average Bonchev–Trinajstić information content (AvgIpc) is 2.84. The van der Waals surface area contributed by atoms with E-state index in [0.717, 1.165) is 5.56 Å². The molecule has 0 bridgehead atoms. The average molecular weight is 360 g/mol. The van der Waals surface area contributed by atoms with Crippen molar-refractivity contribution in [1.82, 2.24) is 5.32 Å². The van der Waals surface area contributed by atoms with Gasteiger partial charge in [-0.25, -0.2) is 0 Å². The van der Waals surface area contributed by atoms with E-state index >= 15 is 0 Å². The quantitative estimate of drug-likeness (QED) is 0.696. The molecule has 0 aromatic heterocycles. The van der Waals surface area contributed by atoms with Gasteiger partial charge in [-0.15, -0.1) is 0 Å². The normalized spacial score (nSPS) is 19.4. The third kappa shape index (κ3) is 3.85. The van der Waals surface area contributed by atoms with E-state index in [0.29, 0.717) is 5.56 Å². The maximum Gasteiger partial charge on any atom is 0.160 e. The van der Waals surface area contributed by atoms with Crippen LogP contribution in [0.1, 0.15) is 38.8 Å². The molecule has 1 atom stereocenters. The van der Waals surface area contributed by atoms with Crippen molar-refractivity contribution in [1.29, 1.82) is 15.8 Å². The second-order valence-electron chi connectivity index (χ2n) is 7.43. The maximum atomic E-state index is 10.6. The number of phenolic OH excluding ortho intramolecular Hbond substituents is 1. The fourth-order valence-electron chi connectivity index (χ4n) is 2.76. The molecule has 136 valence electrons. The van der Waals surface area contributed by atoms with Crippen LogP contribution in [0.4, 0.5) is 0 Å². The zero-order valence-electron chi connectivity index (χ0n) is 15.6. The number of allylic oxidation sites excluding steroid dienone is 2. The first-order valence-electron chi connectivity index (χ1n) is 8.27. The molecule has 1 unspecified atom stereocenters. The standard InChI is InChI=1S/C21H20N4O2/c1-20(2,3)15-6-8-18(26)13(9-15)5-7-17-16(12-24)19(14(10-22)11-23)25-21(17,4)27/h5-9,25-27H,1-4H3/b7-5+. The van der Waals surface area contributed by atoms with Crippen molar-refractivity contribution in [3.63, 3.8) is 0 Å². The van der Waals surface area contributed by atoms with Crippen LogP contribution in [0.15, 0.2) is 46.7 Å². The fourth-order valence-corrected chi connectivity index (χ4v) is 2.76. The summed E-state index contributed by atoms with van der Waals surface area (Å²) < 4.78 is 0. The Bertz CT molecular complexity index is 985. The Kier molecular flexibility index (Phi) is 5.13. The fraction of sp³-hybridized carbons (Fsp3) is 0.286. The predicted molar refractivity (Wildman–Crippen MR) is 100 cm³/mol. The predicted octanol–water partition coefficient (Wildman–Crippen LogP) is 3.14. The molecule has 6 nitrogen and oxygen atoms in total. The minimum absolute atomic E-state index is 0.000172. The molecule has 0 amide bonds. The number of hydrogen-bond acceptors (Lipinski definition) is 6. The smallest absolute Gasteiger partial charge is 0.160 e. The molecule has 0 saturated carbocycles. The van der Waals surface area contributed by atoms with Gasteiger partial charge in [-0.2, -0.15) is 15.8 Å². The molecule has 1 aliphatic rings. The molecule has 6 heteroatoms. The van der Waals surface area contributed by atoms with Crippen molar-refractivity contribution in [3.05, 3.63) is 57.8 Å². The first-order chi connectivity index (χ1) is 12.5. The number of nitrogens with one attached hydrogen (secondary N) is 1. The van der Waals surface area contributed by atoms with Crippen LogP contribution < -0.4 is 5.32 Å². The van der Waals surface area contributed by atoms with Crippen LogP contribution in [0.25, 0.3) is 6.08 Å². The van der Waals surface area contributed by atoms with Crippen molar-refractivity contribution in [2.24, 2.45) is 0 Å². The molecule has 0 aliphatic carbocycles. The second-order valence-corrected chi connectivity index (χ2v) is 7.43. The van der Waals surface area contributed by atoms with Gasteiger partial charge in [-0.3, -0.25) is 0 Å². The van der Waals surface area contributed by atoms with Crippen LogP contribution in [0.5, 0.6) is 5.75 Å². The lowest BCUT2D eigenvalue weighted by Crippen LogP contribution is -2.38.